The molecule has 0 unspecified atom stereocenters. The van der Waals surface area contributed by atoms with Gasteiger partial charge in [0, 0.05) is 0 Å². The third kappa shape index (κ3) is 3.33. The van der Waals surface area contributed by atoms with E-state index < -0.39 is 11.9 Å². The highest BCUT2D eigenvalue weighted by Gasteiger charge is 2.14. The highest BCUT2D eigenvalue weighted by Crippen LogP contribution is 2.25. The number of methoxy groups -OCH3 is 1. The van der Waals surface area contributed by atoms with Gasteiger partial charge in [0.15, 0.2) is 6.61 Å². The Labute approximate surface area is 141 Å². The van der Waals surface area contributed by atoms with E-state index in [9.17, 15) is 9.59 Å². The van der Waals surface area contributed by atoms with Gasteiger partial charge >= 0.3 is 5.97 Å². The van der Waals surface area contributed by atoms with Gasteiger partial charge in [-0.05, 0) is 23.6 Å². The molecule has 7 nitrogen and oxygen atoms in total. The van der Waals surface area contributed by atoms with Crippen molar-refractivity contribution in [3.8, 4) is 5.88 Å². The first-order valence-electron chi connectivity index (χ1n) is 6.97. The number of para-hydroxylation sites is 1. The second-order valence-electron chi connectivity index (χ2n) is 4.69. The van der Waals surface area contributed by atoms with E-state index in [1.807, 2.05) is 11.4 Å². The first-order valence-corrected chi connectivity index (χ1v) is 7.85. The molecule has 1 N–H and O–H groups in total. The van der Waals surface area contributed by atoms with E-state index in [1.54, 1.807) is 24.3 Å². The fourth-order valence-electron chi connectivity index (χ4n) is 2.08. The molecule has 2 aromatic heterocycles. The first kappa shape index (κ1) is 15.9. The maximum atomic E-state index is 12.1. The molecule has 1 aromatic carbocycles. The van der Waals surface area contributed by atoms with E-state index in [0.29, 0.717) is 11.6 Å². The number of anilines is 1. The molecule has 0 saturated heterocycles. The monoisotopic (exact) mass is 343 g/mol. The largest absolute Gasteiger partial charge is 0.467 e. The smallest absolute Gasteiger partial charge is 0.339 e. The summed E-state index contributed by atoms with van der Waals surface area (Å²) in [5.74, 6) is -0.589. The molecule has 0 fully saturated rings. The highest BCUT2D eigenvalue weighted by atomic mass is 32.1. The minimum absolute atomic E-state index is 0.239. The van der Waals surface area contributed by atoms with E-state index in [4.69, 9.17) is 4.74 Å². The molecule has 0 saturated carbocycles. The maximum absolute atomic E-state index is 12.1. The zero-order valence-corrected chi connectivity index (χ0v) is 13.5. The normalized spacial score (nSPS) is 10.4. The predicted molar refractivity (Wildman–Crippen MR) is 89.3 cm³/mol. The van der Waals surface area contributed by atoms with Gasteiger partial charge in [-0.3, -0.25) is 4.79 Å². The molecule has 0 aliphatic rings. The van der Waals surface area contributed by atoms with Crippen LogP contribution in [0.15, 0.2) is 42.0 Å². The Balaban J connectivity index is 1.69. The summed E-state index contributed by atoms with van der Waals surface area (Å²) in [5.41, 5.74) is 0.636. The Morgan fingerprint density at radius 1 is 1.21 bits per heavy atom. The summed E-state index contributed by atoms with van der Waals surface area (Å²) in [5, 5.41) is 5.26. The number of amides is 1. The van der Waals surface area contributed by atoms with Gasteiger partial charge in [0.25, 0.3) is 5.91 Å². The van der Waals surface area contributed by atoms with Crippen molar-refractivity contribution >= 4 is 39.1 Å². The molecule has 0 atom stereocenters. The van der Waals surface area contributed by atoms with Crippen molar-refractivity contribution in [1.29, 1.82) is 0 Å². The third-order valence-corrected chi connectivity index (χ3v) is 3.99. The molecule has 0 aliphatic heterocycles. The van der Waals surface area contributed by atoms with Crippen LogP contribution < -0.4 is 10.1 Å². The van der Waals surface area contributed by atoms with Crippen molar-refractivity contribution in [1.82, 2.24) is 9.97 Å². The lowest BCUT2D eigenvalue weighted by Crippen LogP contribution is -2.22. The summed E-state index contributed by atoms with van der Waals surface area (Å²) in [6.45, 7) is -0.239. The molecule has 24 heavy (non-hydrogen) atoms. The van der Waals surface area contributed by atoms with Crippen LogP contribution in [0.1, 0.15) is 10.4 Å². The lowest BCUT2D eigenvalue weighted by molar-refractivity contribution is -0.118. The molecule has 1 amide bonds. The number of ether oxygens (including phenoxy) is 2. The quantitative estimate of drug-likeness (QED) is 0.716. The van der Waals surface area contributed by atoms with Gasteiger partial charge in [0.05, 0.1) is 23.7 Å². The number of rotatable bonds is 5. The van der Waals surface area contributed by atoms with Gasteiger partial charge in [-0.15, -0.1) is 11.3 Å². The Kier molecular flexibility index (Phi) is 4.66. The second-order valence-corrected chi connectivity index (χ2v) is 5.59. The van der Waals surface area contributed by atoms with Gasteiger partial charge in [-0.2, -0.15) is 0 Å². The zero-order chi connectivity index (χ0) is 16.9. The van der Waals surface area contributed by atoms with E-state index >= 15 is 0 Å². The number of esters is 1. The number of carbonyl (C=O) groups is 2. The number of fused-ring (bicyclic) bond motifs is 1. The number of hydrogen-bond acceptors (Lipinski definition) is 7. The summed E-state index contributed by atoms with van der Waals surface area (Å²) in [6, 6.07) is 8.42. The fourth-order valence-corrected chi connectivity index (χ4v) is 2.81. The number of aromatic nitrogens is 2. The SMILES string of the molecule is COC(=O)c1ccccc1NC(=O)COc1ncnc2sccc12. The minimum atomic E-state index is -0.525. The van der Waals surface area contributed by atoms with Crippen molar-refractivity contribution in [3.05, 3.63) is 47.6 Å². The van der Waals surface area contributed by atoms with Gasteiger partial charge in [-0.25, -0.2) is 14.8 Å². The Hall–Kier alpha value is -3.00. The molecule has 3 rings (SSSR count). The Morgan fingerprint density at radius 2 is 2.04 bits per heavy atom. The molecule has 122 valence electrons. The van der Waals surface area contributed by atoms with Crippen LogP contribution in [-0.2, 0) is 9.53 Å². The molecular weight excluding hydrogens is 330 g/mol. The highest BCUT2D eigenvalue weighted by molar-refractivity contribution is 7.16. The van der Waals surface area contributed by atoms with Crippen LogP contribution in [0, 0.1) is 0 Å². The molecule has 0 radical (unpaired) electrons. The van der Waals surface area contributed by atoms with Crippen LogP contribution in [0.5, 0.6) is 5.88 Å². The molecule has 0 aliphatic carbocycles. The first-order chi connectivity index (χ1) is 11.7. The molecule has 8 heteroatoms. The molecule has 2 heterocycles. The number of carbonyl (C=O) groups excluding carboxylic acids is 2. The number of thiophene rings is 1. The van der Waals surface area contributed by atoms with Crippen LogP contribution in [-0.4, -0.2) is 35.6 Å². The van der Waals surface area contributed by atoms with Gasteiger partial charge in [0.1, 0.15) is 11.2 Å². The predicted octanol–water partition coefficient (Wildman–Crippen LogP) is 2.50. The van der Waals surface area contributed by atoms with Crippen LogP contribution >= 0.6 is 11.3 Å². The van der Waals surface area contributed by atoms with Crippen LogP contribution in [0.3, 0.4) is 0 Å². The van der Waals surface area contributed by atoms with Crippen molar-refractivity contribution in [2.75, 3.05) is 19.0 Å². The summed E-state index contributed by atoms with van der Waals surface area (Å²) in [7, 11) is 1.28. The van der Waals surface area contributed by atoms with Gasteiger partial charge < -0.3 is 14.8 Å². The summed E-state index contributed by atoms with van der Waals surface area (Å²) >= 11 is 1.46. The van der Waals surface area contributed by atoms with Crippen LogP contribution in [0.4, 0.5) is 5.69 Å². The molecule has 0 spiro atoms. The lowest BCUT2D eigenvalue weighted by Gasteiger charge is -2.10. The molecular formula is C16H13N3O4S. The van der Waals surface area contributed by atoms with Gasteiger partial charge in [0.2, 0.25) is 5.88 Å². The number of hydrogen-bond donors (Lipinski definition) is 1. The molecule has 0 bridgehead atoms. The van der Waals surface area contributed by atoms with Crippen molar-refractivity contribution < 1.29 is 19.1 Å². The molecule has 3 aromatic rings. The van der Waals surface area contributed by atoms with Crippen molar-refractivity contribution in [2.45, 2.75) is 0 Å². The van der Waals surface area contributed by atoms with E-state index in [1.165, 1.54) is 24.8 Å². The number of benzene rings is 1. The summed E-state index contributed by atoms with van der Waals surface area (Å²) < 4.78 is 10.2. The van der Waals surface area contributed by atoms with Crippen molar-refractivity contribution in [3.63, 3.8) is 0 Å². The Morgan fingerprint density at radius 3 is 2.88 bits per heavy atom. The third-order valence-electron chi connectivity index (χ3n) is 3.17. The fraction of sp³-hybridized carbons (Fsp3) is 0.125. The minimum Gasteiger partial charge on any atom is -0.467 e. The topological polar surface area (TPSA) is 90.4 Å². The Bertz CT molecular complexity index is 894. The standard InChI is InChI=1S/C16H13N3O4S/c1-22-16(21)10-4-2-3-5-12(10)19-13(20)8-23-14-11-6-7-24-15(11)18-9-17-14/h2-7,9H,8H2,1H3,(H,19,20). The zero-order valence-electron chi connectivity index (χ0n) is 12.7. The van der Waals surface area contributed by atoms with Crippen LogP contribution in [0.25, 0.3) is 10.2 Å². The lowest BCUT2D eigenvalue weighted by atomic mass is 10.2. The average molecular weight is 343 g/mol. The summed E-state index contributed by atoms with van der Waals surface area (Å²) in [6.07, 6.45) is 1.39. The van der Waals surface area contributed by atoms with Gasteiger partial charge in [-0.1, -0.05) is 12.1 Å². The van der Waals surface area contributed by atoms with Crippen LogP contribution in [0.2, 0.25) is 0 Å². The average Bonchev–Trinajstić information content (AvgIpc) is 3.09. The van der Waals surface area contributed by atoms with E-state index in [0.717, 1.165) is 10.2 Å². The van der Waals surface area contributed by atoms with E-state index in [2.05, 4.69) is 20.0 Å². The van der Waals surface area contributed by atoms with E-state index in [-0.39, 0.29) is 12.2 Å². The number of nitrogens with one attached hydrogen (secondary N) is 1. The summed E-state index contributed by atoms with van der Waals surface area (Å²) in [4.78, 5) is 32.7. The number of nitrogens with zero attached hydrogens (tertiary/aromatic N) is 2. The van der Waals surface area contributed by atoms with Crippen molar-refractivity contribution in [2.24, 2.45) is 0 Å². The maximum Gasteiger partial charge on any atom is 0.339 e. The second kappa shape index (κ2) is 7.05.